The number of amides is 1. The van der Waals surface area contributed by atoms with Gasteiger partial charge in [0.2, 0.25) is 0 Å². The normalized spacial score (nSPS) is 10.5. The van der Waals surface area contributed by atoms with Crippen molar-refractivity contribution in [2.75, 3.05) is 5.32 Å². The maximum atomic E-state index is 12.5. The van der Waals surface area contributed by atoms with Gasteiger partial charge in [0, 0.05) is 15.6 Å². The molecule has 0 aliphatic heterocycles. The molecular weight excluding hydrogens is 369 g/mol. The number of halogens is 2. The van der Waals surface area contributed by atoms with Crippen LogP contribution in [0.2, 0.25) is 10.0 Å². The van der Waals surface area contributed by atoms with Crippen molar-refractivity contribution in [1.29, 1.82) is 0 Å². The zero-order valence-corrected chi connectivity index (χ0v) is 15.9. The summed E-state index contributed by atoms with van der Waals surface area (Å²) in [7, 11) is 0. The molecule has 0 heterocycles. The molecule has 1 N–H and O–H groups in total. The Labute approximate surface area is 162 Å². The van der Waals surface area contributed by atoms with Gasteiger partial charge in [-0.15, -0.1) is 0 Å². The van der Waals surface area contributed by atoms with E-state index in [0.29, 0.717) is 32.8 Å². The number of hydrogen-bond acceptors (Lipinski definition) is 2. The molecule has 0 fully saturated rings. The highest BCUT2D eigenvalue weighted by Crippen LogP contribution is 2.36. The average molecular weight is 386 g/mol. The fraction of sp³-hybridized carbons (Fsp3) is 0.0952. The first kappa shape index (κ1) is 18.3. The molecular formula is C21H17Cl2NO2. The van der Waals surface area contributed by atoms with E-state index in [1.54, 1.807) is 30.3 Å². The minimum absolute atomic E-state index is 0.234. The van der Waals surface area contributed by atoms with Gasteiger partial charge in [-0.05, 0) is 67.4 Å². The molecule has 0 spiro atoms. The molecule has 0 unspecified atom stereocenters. The smallest absolute Gasteiger partial charge is 0.255 e. The number of aryl methyl sites for hydroxylation is 2. The molecule has 26 heavy (non-hydrogen) atoms. The van der Waals surface area contributed by atoms with Crippen LogP contribution < -0.4 is 10.1 Å². The van der Waals surface area contributed by atoms with Crippen LogP contribution in [-0.4, -0.2) is 5.91 Å². The first-order valence-corrected chi connectivity index (χ1v) is 8.80. The van der Waals surface area contributed by atoms with Crippen LogP contribution >= 0.6 is 23.2 Å². The van der Waals surface area contributed by atoms with E-state index in [4.69, 9.17) is 27.9 Å². The molecule has 1 amide bonds. The van der Waals surface area contributed by atoms with Gasteiger partial charge in [0.25, 0.3) is 5.91 Å². The van der Waals surface area contributed by atoms with Crippen LogP contribution in [0.3, 0.4) is 0 Å². The minimum atomic E-state index is -0.234. The summed E-state index contributed by atoms with van der Waals surface area (Å²) in [5.74, 6) is 0.974. The molecule has 3 aromatic rings. The summed E-state index contributed by atoms with van der Waals surface area (Å²) < 4.78 is 6.09. The minimum Gasteiger partial charge on any atom is -0.455 e. The van der Waals surface area contributed by atoms with Crippen molar-refractivity contribution in [3.05, 3.63) is 87.4 Å². The van der Waals surface area contributed by atoms with Gasteiger partial charge in [0.1, 0.15) is 5.75 Å². The van der Waals surface area contributed by atoms with E-state index < -0.39 is 0 Å². The maximum absolute atomic E-state index is 12.5. The SMILES string of the molecule is Cc1cc(Cl)cc(C)c1Oc1ccc(Cl)cc1NC(=O)c1ccccc1. The second kappa shape index (κ2) is 7.81. The molecule has 5 heteroatoms. The van der Waals surface area contributed by atoms with E-state index in [9.17, 15) is 4.79 Å². The van der Waals surface area contributed by atoms with Gasteiger partial charge in [-0.2, -0.15) is 0 Å². The number of hydrogen-bond donors (Lipinski definition) is 1. The summed E-state index contributed by atoms with van der Waals surface area (Å²) >= 11 is 12.2. The molecule has 0 saturated carbocycles. The first-order chi connectivity index (χ1) is 12.4. The molecule has 132 valence electrons. The second-order valence-electron chi connectivity index (χ2n) is 5.93. The lowest BCUT2D eigenvalue weighted by molar-refractivity contribution is 0.102. The van der Waals surface area contributed by atoms with E-state index >= 15 is 0 Å². The predicted octanol–water partition coefficient (Wildman–Crippen LogP) is 6.65. The third-order valence-electron chi connectivity index (χ3n) is 3.86. The van der Waals surface area contributed by atoms with Crippen molar-refractivity contribution in [2.24, 2.45) is 0 Å². The number of carbonyl (C=O) groups is 1. The molecule has 0 saturated heterocycles. The number of ether oxygens (including phenoxy) is 1. The number of benzene rings is 3. The summed E-state index contributed by atoms with van der Waals surface area (Å²) in [6.07, 6.45) is 0. The Morgan fingerprint density at radius 1 is 0.885 bits per heavy atom. The zero-order valence-electron chi connectivity index (χ0n) is 14.3. The van der Waals surface area contributed by atoms with Crippen LogP contribution in [-0.2, 0) is 0 Å². The Kier molecular flexibility index (Phi) is 5.50. The highest BCUT2D eigenvalue weighted by Gasteiger charge is 2.14. The monoisotopic (exact) mass is 385 g/mol. The Morgan fingerprint density at radius 3 is 2.19 bits per heavy atom. The zero-order chi connectivity index (χ0) is 18.7. The van der Waals surface area contributed by atoms with Crippen molar-refractivity contribution in [1.82, 2.24) is 0 Å². The van der Waals surface area contributed by atoms with Gasteiger partial charge >= 0.3 is 0 Å². The maximum Gasteiger partial charge on any atom is 0.255 e. The van der Waals surface area contributed by atoms with Crippen molar-refractivity contribution in [2.45, 2.75) is 13.8 Å². The van der Waals surface area contributed by atoms with Crippen molar-refractivity contribution >= 4 is 34.8 Å². The van der Waals surface area contributed by atoms with Crippen molar-refractivity contribution < 1.29 is 9.53 Å². The lowest BCUT2D eigenvalue weighted by Gasteiger charge is -2.16. The summed E-state index contributed by atoms with van der Waals surface area (Å²) in [6, 6.07) is 17.8. The largest absolute Gasteiger partial charge is 0.455 e. The molecule has 3 aromatic carbocycles. The van der Waals surface area contributed by atoms with Gasteiger partial charge in [-0.1, -0.05) is 41.4 Å². The van der Waals surface area contributed by atoms with Crippen LogP contribution in [0.4, 0.5) is 5.69 Å². The lowest BCUT2D eigenvalue weighted by atomic mass is 10.1. The molecule has 0 aliphatic rings. The first-order valence-electron chi connectivity index (χ1n) is 8.04. The van der Waals surface area contributed by atoms with Crippen LogP contribution in [0, 0.1) is 13.8 Å². The number of carbonyl (C=O) groups excluding carboxylic acids is 1. The van der Waals surface area contributed by atoms with Gasteiger partial charge in [0.15, 0.2) is 5.75 Å². The Bertz CT molecular complexity index is 932. The Balaban J connectivity index is 1.93. The topological polar surface area (TPSA) is 38.3 Å². The molecule has 3 nitrogen and oxygen atoms in total. The van der Waals surface area contributed by atoms with Gasteiger partial charge in [-0.25, -0.2) is 0 Å². The highest BCUT2D eigenvalue weighted by molar-refractivity contribution is 6.31. The number of nitrogens with one attached hydrogen (secondary N) is 1. The molecule has 0 bridgehead atoms. The van der Waals surface area contributed by atoms with Crippen molar-refractivity contribution in [3.8, 4) is 11.5 Å². The highest BCUT2D eigenvalue weighted by atomic mass is 35.5. The van der Waals surface area contributed by atoms with Crippen molar-refractivity contribution in [3.63, 3.8) is 0 Å². The molecule has 0 radical (unpaired) electrons. The molecule has 3 rings (SSSR count). The third kappa shape index (κ3) is 4.18. The molecule has 0 aliphatic carbocycles. The van der Waals surface area contributed by atoms with Gasteiger partial charge < -0.3 is 10.1 Å². The predicted molar refractivity (Wildman–Crippen MR) is 107 cm³/mol. The summed E-state index contributed by atoms with van der Waals surface area (Å²) in [6.45, 7) is 3.85. The summed E-state index contributed by atoms with van der Waals surface area (Å²) in [5.41, 5.74) is 2.87. The Morgan fingerprint density at radius 2 is 1.54 bits per heavy atom. The van der Waals surface area contributed by atoms with Crippen LogP contribution in [0.25, 0.3) is 0 Å². The van der Waals surface area contributed by atoms with Crippen LogP contribution in [0.15, 0.2) is 60.7 Å². The van der Waals surface area contributed by atoms with E-state index in [2.05, 4.69) is 5.32 Å². The number of anilines is 1. The van der Waals surface area contributed by atoms with E-state index in [1.807, 2.05) is 44.2 Å². The molecule has 0 aromatic heterocycles. The quantitative estimate of drug-likeness (QED) is 0.545. The van der Waals surface area contributed by atoms with Crippen LogP contribution in [0.1, 0.15) is 21.5 Å². The summed E-state index contributed by atoms with van der Waals surface area (Å²) in [5, 5.41) is 4.02. The summed E-state index contributed by atoms with van der Waals surface area (Å²) in [4.78, 5) is 12.5. The average Bonchev–Trinajstić information content (AvgIpc) is 2.60. The fourth-order valence-corrected chi connectivity index (χ4v) is 3.14. The van der Waals surface area contributed by atoms with E-state index in [0.717, 1.165) is 11.1 Å². The van der Waals surface area contributed by atoms with E-state index in [-0.39, 0.29) is 5.91 Å². The Hall–Kier alpha value is -2.49. The van der Waals surface area contributed by atoms with Gasteiger partial charge in [0.05, 0.1) is 5.69 Å². The van der Waals surface area contributed by atoms with Gasteiger partial charge in [-0.3, -0.25) is 4.79 Å². The number of rotatable bonds is 4. The van der Waals surface area contributed by atoms with E-state index in [1.165, 1.54) is 0 Å². The third-order valence-corrected chi connectivity index (χ3v) is 4.32. The second-order valence-corrected chi connectivity index (χ2v) is 6.80. The van der Waals surface area contributed by atoms with Crippen LogP contribution in [0.5, 0.6) is 11.5 Å². The lowest BCUT2D eigenvalue weighted by Crippen LogP contribution is -2.12. The molecule has 0 atom stereocenters. The fourth-order valence-electron chi connectivity index (χ4n) is 2.64. The standard InChI is InChI=1S/C21H17Cl2NO2/c1-13-10-17(23)11-14(2)20(13)26-19-9-8-16(22)12-18(19)24-21(25)15-6-4-3-5-7-15/h3-12H,1-2H3,(H,24,25).